The van der Waals surface area contributed by atoms with Crippen molar-refractivity contribution in [3.8, 4) is 5.75 Å². The van der Waals surface area contributed by atoms with Crippen LogP contribution < -0.4 is 15.8 Å². The van der Waals surface area contributed by atoms with E-state index in [4.69, 9.17) is 10.5 Å². The number of ether oxygens (including phenoxy) is 1. The number of carbonyl (C=O) groups is 1. The number of hydrogen-bond donors (Lipinski definition) is 2. The van der Waals surface area contributed by atoms with Crippen LogP contribution in [0.3, 0.4) is 0 Å². The molecule has 3 rings (SSSR count). The summed E-state index contributed by atoms with van der Waals surface area (Å²) >= 11 is 0. The highest BCUT2D eigenvalue weighted by Crippen LogP contribution is 2.32. The van der Waals surface area contributed by atoms with Crippen LogP contribution in [0.25, 0.3) is 0 Å². The van der Waals surface area contributed by atoms with E-state index in [1.165, 1.54) is 5.56 Å². The van der Waals surface area contributed by atoms with Crippen LogP contribution in [-0.4, -0.2) is 19.1 Å². The summed E-state index contributed by atoms with van der Waals surface area (Å²) in [7, 11) is 0. The maximum Gasteiger partial charge on any atom is 0.251 e. The maximum atomic E-state index is 12.2. The number of amides is 1. The van der Waals surface area contributed by atoms with Gasteiger partial charge in [0.15, 0.2) is 0 Å². The van der Waals surface area contributed by atoms with Gasteiger partial charge in [-0.15, -0.1) is 0 Å². The molecule has 0 spiro atoms. The van der Waals surface area contributed by atoms with E-state index in [-0.39, 0.29) is 5.91 Å². The standard InChI is InChI=1S/C18H20N2O2/c19-11-13-5-7-14(8-6-13)18(21)20-12-15-9-10-22-17-4-2-1-3-16(15)17/h1-8,15H,9-12,19H2,(H,20,21). The molecule has 1 atom stereocenters. The SMILES string of the molecule is NCc1ccc(C(=O)NCC2CCOc3ccccc32)cc1. The zero-order valence-electron chi connectivity index (χ0n) is 12.4. The second-order valence-corrected chi connectivity index (χ2v) is 5.48. The number of benzene rings is 2. The third-order valence-electron chi connectivity index (χ3n) is 4.04. The molecule has 0 saturated carbocycles. The van der Waals surface area contributed by atoms with E-state index < -0.39 is 0 Å². The van der Waals surface area contributed by atoms with Crippen LogP contribution in [0.5, 0.6) is 5.75 Å². The number of carbonyl (C=O) groups excluding carboxylic acids is 1. The van der Waals surface area contributed by atoms with Gasteiger partial charge in [-0.25, -0.2) is 0 Å². The fourth-order valence-electron chi connectivity index (χ4n) is 2.74. The molecular weight excluding hydrogens is 276 g/mol. The van der Waals surface area contributed by atoms with E-state index in [1.54, 1.807) is 0 Å². The molecule has 0 saturated heterocycles. The number of para-hydroxylation sites is 1. The Kier molecular flexibility index (Phi) is 4.39. The van der Waals surface area contributed by atoms with Gasteiger partial charge in [-0.05, 0) is 35.7 Å². The number of rotatable bonds is 4. The molecule has 0 radical (unpaired) electrons. The number of hydrogen-bond acceptors (Lipinski definition) is 3. The number of nitrogens with two attached hydrogens (primary N) is 1. The Bertz CT molecular complexity index is 652. The van der Waals surface area contributed by atoms with Gasteiger partial charge in [0.2, 0.25) is 0 Å². The topological polar surface area (TPSA) is 64.4 Å². The zero-order chi connectivity index (χ0) is 15.4. The summed E-state index contributed by atoms with van der Waals surface area (Å²) in [6, 6.07) is 15.4. The predicted molar refractivity (Wildman–Crippen MR) is 86.0 cm³/mol. The average Bonchev–Trinajstić information content (AvgIpc) is 2.59. The maximum absolute atomic E-state index is 12.2. The molecule has 0 bridgehead atoms. The van der Waals surface area contributed by atoms with Crippen LogP contribution in [0.1, 0.15) is 33.8 Å². The van der Waals surface area contributed by atoms with Gasteiger partial charge in [0.25, 0.3) is 5.91 Å². The average molecular weight is 296 g/mol. The first-order valence-electron chi connectivity index (χ1n) is 7.57. The molecule has 3 N–H and O–H groups in total. The van der Waals surface area contributed by atoms with Crippen molar-refractivity contribution in [2.24, 2.45) is 5.73 Å². The van der Waals surface area contributed by atoms with Gasteiger partial charge in [0.05, 0.1) is 6.61 Å². The highest BCUT2D eigenvalue weighted by Gasteiger charge is 2.21. The van der Waals surface area contributed by atoms with E-state index in [0.717, 1.165) is 17.7 Å². The smallest absolute Gasteiger partial charge is 0.251 e. The summed E-state index contributed by atoms with van der Waals surface area (Å²) in [6.07, 6.45) is 0.920. The van der Waals surface area contributed by atoms with Crippen molar-refractivity contribution in [3.63, 3.8) is 0 Å². The van der Waals surface area contributed by atoms with Crippen molar-refractivity contribution in [1.29, 1.82) is 0 Å². The molecule has 1 aliphatic heterocycles. The monoisotopic (exact) mass is 296 g/mol. The minimum absolute atomic E-state index is 0.0486. The summed E-state index contributed by atoms with van der Waals surface area (Å²) in [5.41, 5.74) is 8.43. The molecule has 2 aromatic rings. The van der Waals surface area contributed by atoms with E-state index in [2.05, 4.69) is 11.4 Å². The molecule has 4 heteroatoms. The van der Waals surface area contributed by atoms with Gasteiger partial charge in [-0.3, -0.25) is 4.79 Å². The minimum Gasteiger partial charge on any atom is -0.493 e. The lowest BCUT2D eigenvalue weighted by Crippen LogP contribution is -2.30. The Hall–Kier alpha value is -2.33. The van der Waals surface area contributed by atoms with E-state index in [0.29, 0.717) is 31.2 Å². The Balaban J connectivity index is 1.64. The summed E-state index contributed by atoms with van der Waals surface area (Å²) in [5, 5.41) is 3.02. The Labute approximate surface area is 130 Å². The number of nitrogens with one attached hydrogen (secondary N) is 1. The minimum atomic E-state index is -0.0486. The second kappa shape index (κ2) is 6.62. The molecule has 1 amide bonds. The molecule has 2 aromatic carbocycles. The molecular formula is C18H20N2O2. The zero-order valence-corrected chi connectivity index (χ0v) is 12.4. The van der Waals surface area contributed by atoms with E-state index in [1.807, 2.05) is 42.5 Å². The van der Waals surface area contributed by atoms with Crippen molar-refractivity contribution in [2.45, 2.75) is 18.9 Å². The van der Waals surface area contributed by atoms with Crippen LogP contribution in [0.2, 0.25) is 0 Å². The summed E-state index contributed by atoms with van der Waals surface area (Å²) < 4.78 is 5.65. The van der Waals surface area contributed by atoms with Crippen molar-refractivity contribution >= 4 is 5.91 Å². The lowest BCUT2D eigenvalue weighted by molar-refractivity contribution is 0.0948. The lowest BCUT2D eigenvalue weighted by Gasteiger charge is -2.26. The molecule has 0 fully saturated rings. The summed E-state index contributed by atoms with van der Waals surface area (Å²) in [5.74, 6) is 1.19. The molecule has 1 unspecified atom stereocenters. The number of fused-ring (bicyclic) bond motifs is 1. The molecule has 0 aromatic heterocycles. The molecule has 1 heterocycles. The largest absolute Gasteiger partial charge is 0.493 e. The third kappa shape index (κ3) is 3.12. The van der Waals surface area contributed by atoms with Gasteiger partial charge < -0.3 is 15.8 Å². The Morgan fingerprint density at radius 1 is 1.18 bits per heavy atom. The van der Waals surface area contributed by atoms with Gasteiger partial charge in [0, 0.05) is 24.6 Å². The first-order chi connectivity index (χ1) is 10.8. The van der Waals surface area contributed by atoms with Gasteiger partial charge in [0.1, 0.15) is 5.75 Å². The summed E-state index contributed by atoms with van der Waals surface area (Å²) in [6.45, 7) is 1.81. The van der Waals surface area contributed by atoms with Gasteiger partial charge in [-0.1, -0.05) is 30.3 Å². The summed E-state index contributed by atoms with van der Waals surface area (Å²) in [4.78, 5) is 12.2. The van der Waals surface area contributed by atoms with Crippen LogP contribution in [0.15, 0.2) is 48.5 Å². The normalized spacial score (nSPS) is 16.5. The molecule has 114 valence electrons. The Morgan fingerprint density at radius 2 is 1.95 bits per heavy atom. The van der Waals surface area contributed by atoms with E-state index in [9.17, 15) is 4.79 Å². The molecule has 22 heavy (non-hydrogen) atoms. The lowest BCUT2D eigenvalue weighted by atomic mass is 9.93. The van der Waals surface area contributed by atoms with E-state index >= 15 is 0 Å². The fraction of sp³-hybridized carbons (Fsp3) is 0.278. The third-order valence-corrected chi connectivity index (χ3v) is 4.04. The van der Waals surface area contributed by atoms with Crippen molar-refractivity contribution in [1.82, 2.24) is 5.32 Å². The van der Waals surface area contributed by atoms with Crippen LogP contribution in [0.4, 0.5) is 0 Å². The van der Waals surface area contributed by atoms with Crippen LogP contribution >= 0.6 is 0 Å². The highest BCUT2D eigenvalue weighted by molar-refractivity contribution is 5.94. The van der Waals surface area contributed by atoms with Crippen LogP contribution in [-0.2, 0) is 6.54 Å². The first-order valence-corrected chi connectivity index (χ1v) is 7.57. The van der Waals surface area contributed by atoms with Crippen molar-refractivity contribution in [3.05, 3.63) is 65.2 Å². The van der Waals surface area contributed by atoms with Crippen molar-refractivity contribution in [2.75, 3.05) is 13.2 Å². The Morgan fingerprint density at radius 3 is 2.73 bits per heavy atom. The molecule has 0 aliphatic carbocycles. The van der Waals surface area contributed by atoms with Gasteiger partial charge in [-0.2, -0.15) is 0 Å². The molecule has 4 nitrogen and oxygen atoms in total. The van der Waals surface area contributed by atoms with Crippen LogP contribution in [0, 0.1) is 0 Å². The predicted octanol–water partition coefficient (Wildman–Crippen LogP) is 2.44. The van der Waals surface area contributed by atoms with Gasteiger partial charge >= 0.3 is 0 Å². The highest BCUT2D eigenvalue weighted by atomic mass is 16.5. The fourth-order valence-corrected chi connectivity index (χ4v) is 2.74. The molecule has 1 aliphatic rings. The second-order valence-electron chi connectivity index (χ2n) is 5.48. The van der Waals surface area contributed by atoms with Crippen molar-refractivity contribution < 1.29 is 9.53 Å². The quantitative estimate of drug-likeness (QED) is 0.911. The first kappa shape index (κ1) is 14.6.